The molecule has 0 radical (unpaired) electrons. The third-order valence-corrected chi connectivity index (χ3v) is 2.26. The molecule has 1 aromatic carbocycles. The van der Waals surface area contributed by atoms with Crippen LogP contribution in [0.3, 0.4) is 0 Å². The smallest absolute Gasteiger partial charge is 0.292 e. The fraction of sp³-hybridized carbons (Fsp3) is 0.308. The Morgan fingerprint density at radius 2 is 2.00 bits per heavy atom. The van der Waals surface area contributed by atoms with Gasteiger partial charge in [-0.25, -0.2) is 0 Å². The number of nitrogens with zero attached hydrogens (tertiary/aromatic N) is 1. The molecule has 1 heterocycles. The zero-order chi connectivity index (χ0) is 12.3. The number of hydrogen-bond donors (Lipinski definition) is 1. The predicted octanol–water partition coefficient (Wildman–Crippen LogP) is 2.96. The van der Waals surface area contributed by atoms with Crippen LogP contribution in [0.1, 0.15) is 13.8 Å². The maximum Gasteiger partial charge on any atom is 0.292 e. The van der Waals surface area contributed by atoms with E-state index in [2.05, 4.69) is 18.8 Å². The van der Waals surface area contributed by atoms with Crippen LogP contribution in [-0.4, -0.2) is 11.6 Å². The van der Waals surface area contributed by atoms with E-state index in [-0.39, 0.29) is 6.01 Å². The van der Waals surface area contributed by atoms with Crippen molar-refractivity contribution in [3.63, 3.8) is 0 Å². The molecule has 0 amide bonds. The molecule has 0 fully saturated rings. The quantitative estimate of drug-likeness (QED) is 0.880. The molecule has 90 valence electrons. The SMILES string of the molecule is CC(C)COc1ccc(-c2coc(N)n2)cc1. The first kappa shape index (κ1) is 11.5. The van der Waals surface area contributed by atoms with Crippen molar-refractivity contribution in [2.24, 2.45) is 5.92 Å². The molecule has 1 aromatic heterocycles. The largest absolute Gasteiger partial charge is 0.493 e. The Morgan fingerprint density at radius 1 is 1.29 bits per heavy atom. The second kappa shape index (κ2) is 4.91. The summed E-state index contributed by atoms with van der Waals surface area (Å²) in [7, 11) is 0. The molecule has 0 unspecified atom stereocenters. The van der Waals surface area contributed by atoms with Gasteiger partial charge >= 0.3 is 0 Å². The van der Waals surface area contributed by atoms with Gasteiger partial charge in [0.1, 0.15) is 17.7 Å². The summed E-state index contributed by atoms with van der Waals surface area (Å²) >= 11 is 0. The molecule has 4 heteroatoms. The number of nitrogens with two attached hydrogens (primary N) is 1. The number of ether oxygens (including phenoxy) is 1. The van der Waals surface area contributed by atoms with E-state index in [0.717, 1.165) is 23.6 Å². The number of oxazole rings is 1. The average molecular weight is 232 g/mol. The molecule has 0 atom stereocenters. The lowest BCUT2D eigenvalue weighted by molar-refractivity contribution is 0.271. The Hall–Kier alpha value is -1.97. The van der Waals surface area contributed by atoms with Crippen LogP contribution in [0.2, 0.25) is 0 Å². The van der Waals surface area contributed by atoms with Crippen LogP contribution in [0.15, 0.2) is 34.9 Å². The lowest BCUT2D eigenvalue weighted by atomic mass is 10.1. The van der Waals surface area contributed by atoms with Gasteiger partial charge in [-0.2, -0.15) is 4.98 Å². The molecule has 2 rings (SSSR count). The third kappa shape index (κ3) is 3.00. The lowest BCUT2D eigenvalue weighted by Crippen LogP contribution is -2.04. The zero-order valence-corrected chi connectivity index (χ0v) is 10.0. The Kier molecular flexibility index (Phi) is 3.32. The molecule has 0 spiro atoms. The van der Waals surface area contributed by atoms with E-state index in [1.807, 2.05) is 24.3 Å². The first-order valence-corrected chi connectivity index (χ1v) is 5.59. The summed E-state index contributed by atoms with van der Waals surface area (Å²) in [5, 5.41) is 0. The highest BCUT2D eigenvalue weighted by Gasteiger charge is 2.04. The van der Waals surface area contributed by atoms with E-state index < -0.39 is 0 Å². The van der Waals surface area contributed by atoms with Crippen LogP contribution in [-0.2, 0) is 0 Å². The van der Waals surface area contributed by atoms with E-state index in [1.54, 1.807) is 6.26 Å². The number of nitrogen functional groups attached to an aromatic ring is 1. The minimum absolute atomic E-state index is 0.181. The van der Waals surface area contributed by atoms with Crippen LogP contribution in [0.5, 0.6) is 5.75 Å². The molecular weight excluding hydrogens is 216 g/mol. The van der Waals surface area contributed by atoms with Gasteiger partial charge in [-0.05, 0) is 30.2 Å². The van der Waals surface area contributed by atoms with Crippen LogP contribution in [0, 0.1) is 5.92 Å². The minimum Gasteiger partial charge on any atom is -0.493 e. The first-order valence-electron chi connectivity index (χ1n) is 5.59. The van der Waals surface area contributed by atoms with E-state index >= 15 is 0 Å². The zero-order valence-electron chi connectivity index (χ0n) is 10.0. The fourth-order valence-corrected chi connectivity index (χ4v) is 1.41. The topological polar surface area (TPSA) is 61.3 Å². The average Bonchev–Trinajstić information content (AvgIpc) is 2.74. The van der Waals surface area contributed by atoms with Crippen LogP contribution in [0.25, 0.3) is 11.3 Å². The van der Waals surface area contributed by atoms with Crippen molar-refractivity contribution in [3.8, 4) is 17.0 Å². The molecule has 0 aliphatic heterocycles. The summed E-state index contributed by atoms with van der Waals surface area (Å²) in [6.07, 6.45) is 1.54. The monoisotopic (exact) mass is 232 g/mol. The minimum atomic E-state index is 0.181. The van der Waals surface area contributed by atoms with Gasteiger partial charge in [-0.1, -0.05) is 13.8 Å². The molecule has 0 bridgehead atoms. The fourth-order valence-electron chi connectivity index (χ4n) is 1.41. The molecule has 4 nitrogen and oxygen atoms in total. The molecule has 0 saturated heterocycles. The second-order valence-corrected chi connectivity index (χ2v) is 4.30. The van der Waals surface area contributed by atoms with Gasteiger partial charge in [0.25, 0.3) is 6.01 Å². The summed E-state index contributed by atoms with van der Waals surface area (Å²) in [6, 6.07) is 7.89. The van der Waals surface area contributed by atoms with E-state index in [4.69, 9.17) is 14.9 Å². The summed E-state index contributed by atoms with van der Waals surface area (Å²) < 4.78 is 10.6. The number of benzene rings is 1. The Morgan fingerprint density at radius 3 is 2.53 bits per heavy atom. The third-order valence-electron chi connectivity index (χ3n) is 2.26. The molecule has 0 saturated carbocycles. The highest BCUT2D eigenvalue weighted by Crippen LogP contribution is 2.22. The van der Waals surface area contributed by atoms with Gasteiger partial charge in [-0.3, -0.25) is 0 Å². The van der Waals surface area contributed by atoms with Crippen molar-refractivity contribution in [1.29, 1.82) is 0 Å². The normalized spacial score (nSPS) is 10.8. The van der Waals surface area contributed by atoms with Gasteiger partial charge in [0.05, 0.1) is 6.61 Å². The lowest BCUT2D eigenvalue weighted by Gasteiger charge is -2.08. The van der Waals surface area contributed by atoms with Gasteiger partial charge in [0, 0.05) is 5.56 Å². The molecule has 17 heavy (non-hydrogen) atoms. The molecular formula is C13H16N2O2. The maximum atomic E-state index is 5.59. The molecule has 2 aromatic rings. The van der Waals surface area contributed by atoms with Crippen molar-refractivity contribution in [2.45, 2.75) is 13.8 Å². The number of anilines is 1. The Balaban J connectivity index is 2.07. The van der Waals surface area contributed by atoms with Gasteiger partial charge in [0.15, 0.2) is 0 Å². The van der Waals surface area contributed by atoms with E-state index in [0.29, 0.717) is 5.92 Å². The number of aromatic nitrogens is 1. The van der Waals surface area contributed by atoms with Crippen LogP contribution >= 0.6 is 0 Å². The standard InChI is InChI=1S/C13H16N2O2/c1-9(2)7-16-11-5-3-10(4-6-11)12-8-17-13(14)15-12/h3-6,8-9H,7H2,1-2H3,(H2,14,15). The van der Waals surface area contributed by atoms with Gasteiger partial charge in [0.2, 0.25) is 0 Å². The second-order valence-electron chi connectivity index (χ2n) is 4.30. The summed E-state index contributed by atoms with van der Waals surface area (Å²) in [6.45, 7) is 4.95. The Bertz CT molecular complexity index is 474. The van der Waals surface area contributed by atoms with Gasteiger partial charge in [-0.15, -0.1) is 0 Å². The van der Waals surface area contributed by atoms with Crippen LogP contribution in [0.4, 0.5) is 6.01 Å². The molecule has 0 aliphatic carbocycles. The van der Waals surface area contributed by atoms with Gasteiger partial charge < -0.3 is 14.9 Å². The maximum absolute atomic E-state index is 5.59. The first-order chi connectivity index (χ1) is 8.15. The number of rotatable bonds is 4. The summed E-state index contributed by atoms with van der Waals surface area (Å²) in [5.41, 5.74) is 7.12. The molecule has 0 aliphatic rings. The summed E-state index contributed by atoms with van der Waals surface area (Å²) in [4.78, 5) is 4.06. The van der Waals surface area contributed by atoms with Crippen molar-refractivity contribution < 1.29 is 9.15 Å². The predicted molar refractivity (Wildman–Crippen MR) is 66.7 cm³/mol. The highest BCUT2D eigenvalue weighted by molar-refractivity contribution is 5.59. The Labute approximate surface area is 100 Å². The van der Waals surface area contributed by atoms with Crippen molar-refractivity contribution in [2.75, 3.05) is 12.3 Å². The van der Waals surface area contributed by atoms with Crippen molar-refractivity contribution in [3.05, 3.63) is 30.5 Å². The van der Waals surface area contributed by atoms with E-state index in [9.17, 15) is 0 Å². The van der Waals surface area contributed by atoms with Crippen LogP contribution < -0.4 is 10.5 Å². The van der Waals surface area contributed by atoms with E-state index in [1.165, 1.54) is 0 Å². The highest BCUT2D eigenvalue weighted by atomic mass is 16.5. The molecule has 2 N–H and O–H groups in total. The number of hydrogen-bond acceptors (Lipinski definition) is 4. The van der Waals surface area contributed by atoms with Crippen molar-refractivity contribution >= 4 is 6.01 Å². The van der Waals surface area contributed by atoms with Crippen molar-refractivity contribution in [1.82, 2.24) is 4.98 Å². The summed E-state index contributed by atoms with van der Waals surface area (Å²) in [5.74, 6) is 1.38.